The number of aryl methyl sites for hydroxylation is 1. The molecule has 96 valence electrons. The highest BCUT2D eigenvalue weighted by atomic mass is 35.5. The van der Waals surface area contributed by atoms with Gasteiger partial charge in [0.15, 0.2) is 0 Å². The van der Waals surface area contributed by atoms with Crippen molar-refractivity contribution >= 4 is 11.6 Å². The van der Waals surface area contributed by atoms with Gasteiger partial charge < -0.3 is 5.32 Å². The van der Waals surface area contributed by atoms with Crippen molar-refractivity contribution in [3.63, 3.8) is 0 Å². The van der Waals surface area contributed by atoms with E-state index in [0.29, 0.717) is 0 Å². The lowest BCUT2D eigenvalue weighted by molar-refractivity contribution is 0.286. The van der Waals surface area contributed by atoms with Crippen LogP contribution in [0.15, 0.2) is 24.3 Å². The third-order valence-corrected chi connectivity index (χ3v) is 4.43. The summed E-state index contributed by atoms with van der Waals surface area (Å²) in [5, 5.41) is 3.55. The molecule has 0 aromatic heterocycles. The smallest absolute Gasteiger partial charge is 0.0291 e. The second-order valence-electron chi connectivity index (χ2n) is 4.87. The number of hydrogen-bond acceptors (Lipinski definition) is 1. The molecule has 0 radical (unpaired) electrons. The summed E-state index contributed by atoms with van der Waals surface area (Å²) in [5.41, 5.74) is 2.98. The van der Waals surface area contributed by atoms with E-state index in [9.17, 15) is 0 Å². The minimum absolute atomic E-state index is 0.254. The zero-order valence-electron chi connectivity index (χ0n) is 11.2. The summed E-state index contributed by atoms with van der Waals surface area (Å²) in [5.74, 6) is 0.737. The molecule has 0 heterocycles. The van der Waals surface area contributed by atoms with Gasteiger partial charge in [-0.15, -0.1) is 11.6 Å². The highest BCUT2D eigenvalue weighted by Crippen LogP contribution is 2.27. The van der Waals surface area contributed by atoms with Crippen LogP contribution in [0.5, 0.6) is 0 Å². The fourth-order valence-electron chi connectivity index (χ4n) is 2.01. The lowest BCUT2D eigenvalue weighted by Crippen LogP contribution is -2.34. The van der Waals surface area contributed by atoms with Gasteiger partial charge in [-0.05, 0) is 36.3 Å². The molecule has 0 spiro atoms. The van der Waals surface area contributed by atoms with Crippen molar-refractivity contribution < 1.29 is 0 Å². The van der Waals surface area contributed by atoms with Crippen LogP contribution in [-0.4, -0.2) is 12.4 Å². The zero-order valence-corrected chi connectivity index (χ0v) is 12.0. The third kappa shape index (κ3) is 4.01. The Hall–Kier alpha value is -0.530. The van der Waals surface area contributed by atoms with Crippen molar-refractivity contribution in [2.24, 2.45) is 5.41 Å². The number of nitrogens with one attached hydrogen (secondary N) is 1. The molecule has 0 aliphatic carbocycles. The quantitative estimate of drug-likeness (QED) is 0.721. The van der Waals surface area contributed by atoms with Crippen LogP contribution in [0.25, 0.3) is 0 Å². The third-order valence-electron chi connectivity index (χ3n) is 3.86. The van der Waals surface area contributed by atoms with Gasteiger partial charge in [0, 0.05) is 19.0 Å². The fraction of sp³-hybridized carbons (Fsp3) is 0.600. The molecular formula is C15H24ClN. The van der Waals surface area contributed by atoms with E-state index in [1.807, 2.05) is 0 Å². The number of alkyl halides is 1. The van der Waals surface area contributed by atoms with Crippen molar-refractivity contribution in [1.29, 1.82) is 0 Å². The molecule has 0 unspecified atom stereocenters. The summed E-state index contributed by atoms with van der Waals surface area (Å²) in [6, 6.07) is 8.52. The van der Waals surface area contributed by atoms with Crippen LogP contribution in [-0.2, 0) is 6.54 Å². The number of rotatable bonds is 7. The predicted molar refractivity (Wildman–Crippen MR) is 76.6 cm³/mol. The summed E-state index contributed by atoms with van der Waals surface area (Å²) >= 11 is 6.10. The summed E-state index contributed by atoms with van der Waals surface area (Å²) < 4.78 is 0. The lowest BCUT2D eigenvalue weighted by Gasteiger charge is -2.29. The highest BCUT2D eigenvalue weighted by molar-refractivity contribution is 6.18. The van der Waals surface area contributed by atoms with Gasteiger partial charge in [0.1, 0.15) is 0 Å². The van der Waals surface area contributed by atoms with E-state index in [2.05, 4.69) is 50.4 Å². The SMILES string of the molecule is CCC(CC)(CCl)CNCc1ccccc1C. The average Bonchev–Trinajstić information content (AvgIpc) is 2.37. The second-order valence-corrected chi connectivity index (χ2v) is 5.14. The number of halogens is 1. The molecule has 2 heteroatoms. The Morgan fingerprint density at radius 1 is 1.18 bits per heavy atom. The van der Waals surface area contributed by atoms with Crippen molar-refractivity contribution in [2.45, 2.75) is 40.2 Å². The largest absolute Gasteiger partial charge is 0.312 e. The Morgan fingerprint density at radius 3 is 2.35 bits per heavy atom. The first-order valence-corrected chi connectivity index (χ1v) is 7.02. The summed E-state index contributed by atoms with van der Waals surface area (Å²) in [7, 11) is 0. The summed E-state index contributed by atoms with van der Waals surface area (Å²) in [6.45, 7) is 8.54. The highest BCUT2D eigenvalue weighted by Gasteiger charge is 2.24. The van der Waals surface area contributed by atoms with Gasteiger partial charge in [0.2, 0.25) is 0 Å². The van der Waals surface area contributed by atoms with E-state index >= 15 is 0 Å². The predicted octanol–water partition coefficient (Wildman–Crippen LogP) is 4.13. The molecular weight excluding hydrogens is 230 g/mol. The first-order chi connectivity index (χ1) is 8.17. The fourth-order valence-corrected chi connectivity index (χ4v) is 2.48. The van der Waals surface area contributed by atoms with Crippen LogP contribution >= 0.6 is 11.6 Å². The van der Waals surface area contributed by atoms with E-state index < -0.39 is 0 Å². The van der Waals surface area contributed by atoms with Crippen LogP contribution in [0.4, 0.5) is 0 Å². The Kier molecular flexibility index (Phi) is 6.01. The Balaban J connectivity index is 2.49. The summed E-state index contributed by atoms with van der Waals surface area (Å²) in [6.07, 6.45) is 2.27. The van der Waals surface area contributed by atoms with E-state index in [-0.39, 0.29) is 5.41 Å². The maximum atomic E-state index is 6.10. The van der Waals surface area contributed by atoms with Crippen LogP contribution in [0.1, 0.15) is 37.8 Å². The standard InChI is InChI=1S/C15H24ClN/c1-4-15(5-2,11-16)12-17-10-14-9-7-6-8-13(14)3/h6-9,17H,4-5,10-12H2,1-3H3. The topological polar surface area (TPSA) is 12.0 Å². The van der Waals surface area contributed by atoms with Gasteiger partial charge >= 0.3 is 0 Å². The first kappa shape index (κ1) is 14.5. The van der Waals surface area contributed by atoms with Crippen LogP contribution in [0, 0.1) is 12.3 Å². The molecule has 1 aromatic carbocycles. The van der Waals surface area contributed by atoms with E-state index in [0.717, 1.165) is 31.8 Å². The molecule has 0 saturated carbocycles. The number of hydrogen-bond donors (Lipinski definition) is 1. The molecule has 0 saturated heterocycles. The van der Waals surface area contributed by atoms with Crippen LogP contribution in [0.2, 0.25) is 0 Å². The molecule has 1 aromatic rings. The average molecular weight is 254 g/mol. The monoisotopic (exact) mass is 253 g/mol. The van der Waals surface area contributed by atoms with Crippen LogP contribution in [0.3, 0.4) is 0 Å². The Labute approximate surface area is 111 Å². The molecule has 0 amide bonds. The van der Waals surface area contributed by atoms with E-state index in [1.54, 1.807) is 0 Å². The minimum Gasteiger partial charge on any atom is -0.312 e. The lowest BCUT2D eigenvalue weighted by atomic mass is 9.84. The molecule has 0 aliphatic rings. The molecule has 1 nitrogen and oxygen atoms in total. The molecule has 0 fully saturated rings. The molecule has 1 N–H and O–H groups in total. The zero-order chi connectivity index (χ0) is 12.7. The van der Waals surface area contributed by atoms with Gasteiger partial charge in [-0.3, -0.25) is 0 Å². The maximum Gasteiger partial charge on any atom is 0.0291 e. The molecule has 0 atom stereocenters. The Bertz CT molecular complexity index is 323. The first-order valence-electron chi connectivity index (χ1n) is 6.48. The Morgan fingerprint density at radius 2 is 1.82 bits per heavy atom. The van der Waals surface area contributed by atoms with Crippen molar-refractivity contribution in [2.75, 3.05) is 12.4 Å². The van der Waals surface area contributed by atoms with Gasteiger partial charge in [0.05, 0.1) is 0 Å². The van der Waals surface area contributed by atoms with Gasteiger partial charge in [-0.2, -0.15) is 0 Å². The maximum absolute atomic E-state index is 6.10. The van der Waals surface area contributed by atoms with Crippen LogP contribution < -0.4 is 5.32 Å². The van der Waals surface area contributed by atoms with Crippen molar-refractivity contribution in [3.8, 4) is 0 Å². The number of benzene rings is 1. The molecule has 17 heavy (non-hydrogen) atoms. The molecule has 1 rings (SSSR count). The molecule has 0 bridgehead atoms. The van der Waals surface area contributed by atoms with E-state index in [1.165, 1.54) is 11.1 Å². The summed E-state index contributed by atoms with van der Waals surface area (Å²) in [4.78, 5) is 0. The van der Waals surface area contributed by atoms with Gasteiger partial charge in [0.25, 0.3) is 0 Å². The normalized spacial score (nSPS) is 11.8. The second kappa shape index (κ2) is 7.03. The van der Waals surface area contributed by atoms with Crippen molar-refractivity contribution in [3.05, 3.63) is 35.4 Å². The minimum atomic E-state index is 0.254. The van der Waals surface area contributed by atoms with E-state index in [4.69, 9.17) is 11.6 Å². The van der Waals surface area contributed by atoms with Gasteiger partial charge in [-0.25, -0.2) is 0 Å². The molecule has 0 aliphatic heterocycles. The van der Waals surface area contributed by atoms with Crippen molar-refractivity contribution in [1.82, 2.24) is 5.32 Å². The van der Waals surface area contributed by atoms with Gasteiger partial charge in [-0.1, -0.05) is 38.1 Å².